The highest BCUT2D eigenvalue weighted by Gasteiger charge is 2.21. The zero-order chi connectivity index (χ0) is 20.6. The van der Waals surface area contributed by atoms with Crippen molar-refractivity contribution >= 4 is 22.1 Å². The summed E-state index contributed by atoms with van der Waals surface area (Å²) in [5.41, 5.74) is 4.36. The van der Waals surface area contributed by atoms with Crippen LogP contribution in [0, 0.1) is 0 Å². The lowest BCUT2D eigenvalue weighted by molar-refractivity contribution is 0.363. The highest BCUT2D eigenvalue weighted by atomic mass is 16.6. The van der Waals surface area contributed by atoms with Gasteiger partial charge in [0.05, 0.1) is 0 Å². The first-order chi connectivity index (χ1) is 15.3. The molecule has 0 spiro atoms. The predicted octanol–water partition coefficient (Wildman–Crippen LogP) is 8.15. The van der Waals surface area contributed by atoms with E-state index in [4.69, 9.17) is 9.47 Å². The molecule has 0 saturated heterocycles. The Morgan fingerprint density at radius 2 is 1.19 bits per heavy atom. The Morgan fingerprint density at radius 3 is 2.06 bits per heavy atom. The zero-order valence-corrected chi connectivity index (χ0v) is 16.7. The summed E-state index contributed by atoms with van der Waals surface area (Å²) in [5.74, 6) is 2.92. The van der Waals surface area contributed by atoms with Gasteiger partial charge in [0.15, 0.2) is 23.0 Å². The molecule has 1 aliphatic heterocycles. The summed E-state index contributed by atoms with van der Waals surface area (Å²) in [4.78, 5) is 0. The third kappa shape index (κ3) is 3.26. The van der Waals surface area contributed by atoms with Crippen LogP contribution in [0.15, 0.2) is 109 Å². The first-order valence-electron chi connectivity index (χ1n) is 10.3. The Kier molecular flexibility index (Phi) is 4.10. The number of anilines is 2. The molecule has 31 heavy (non-hydrogen) atoms. The summed E-state index contributed by atoms with van der Waals surface area (Å²) in [6.07, 6.45) is 0. The van der Waals surface area contributed by atoms with Crippen LogP contribution >= 0.6 is 0 Å². The maximum Gasteiger partial charge on any atom is 0.177 e. The van der Waals surface area contributed by atoms with Crippen LogP contribution in [0.2, 0.25) is 0 Å². The number of nitrogens with one attached hydrogen (secondary N) is 1. The van der Waals surface area contributed by atoms with Crippen molar-refractivity contribution in [2.75, 3.05) is 5.32 Å². The van der Waals surface area contributed by atoms with Gasteiger partial charge in [-0.2, -0.15) is 0 Å². The van der Waals surface area contributed by atoms with E-state index in [0.717, 1.165) is 33.6 Å². The fourth-order valence-corrected chi connectivity index (χ4v) is 3.93. The summed E-state index contributed by atoms with van der Waals surface area (Å²) >= 11 is 0. The van der Waals surface area contributed by atoms with E-state index in [9.17, 15) is 0 Å². The Balaban J connectivity index is 1.26. The molecule has 0 saturated carbocycles. The summed E-state index contributed by atoms with van der Waals surface area (Å²) in [7, 11) is 0. The highest BCUT2D eigenvalue weighted by Crippen LogP contribution is 2.49. The van der Waals surface area contributed by atoms with Crippen molar-refractivity contribution in [3.63, 3.8) is 0 Å². The van der Waals surface area contributed by atoms with E-state index in [-0.39, 0.29) is 0 Å². The van der Waals surface area contributed by atoms with E-state index < -0.39 is 0 Å². The van der Waals surface area contributed by atoms with E-state index in [1.807, 2.05) is 42.5 Å². The van der Waals surface area contributed by atoms with Gasteiger partial charge in [-0.15, -0.1) is 0 Å². The minimum atomic E-state index is 0.702. The van der Waals surface area contributed by atoms with E-state index >= 15 is 0 Å². The summed E-state index contributed by atoms with van der Waals surface area (Å²) < 4.78 is 12.4. The maximum absolute atomic E-state index is 6.21. The molecule has 0 unspecified atom stereocenters. The molecule has 0 atom stereocenters. The number of benzene rings is 5. The third-order valence-electron chi connectivity index (χ3n) is 5.50. The molecule has 0 radical (unpaired) electrons. The average molecular weight is 401 g/mol. The van der Waals surface area contributed by atoms with Crippen LogP contribution < -0.4 is 14.8 Å². The smallest absolute Gasteiger partial charge is 0.177 e. The second-order valence-electron chi connectivity index (χ2n) is 7.55. The molecule has 1 aliphatic rings. The average Bonchev–Trinajstić information content (AvgIpc) is 2.84. The van der Waals surface area contributed by atoms with Gasteiger partial charge in [0.2, 0.25) is 0 Å². The number of hydrogen-bond acceptors (Lipinski definition) is 3. The number of ether oxygens (including phenoxy) is 2. The van der Waals surface area contributed by atoms with Gasteiger partial charge < -0.3 is 14.8 Å². The number of hydrogen-bond donors (Lipinski definition) is 1. The highest BCUT2D eigenvalue weighted by molar-refractivity contribution is 5.91. The van der Waals surface area contributed by atoms with Crippen molar-refractivity contribution in [3.8, 4) is 34.1 Å². The molecule has 148 valence electrons. The summed E-state index contributed by atoms with van der Waals surface area (Å²) in [5, 5.41) is 5.63. The van der Waals surface area contributed by atoms with Crippen LogP contribution in [0.25, 0.3) is 21.9 Å². The minimum absolute atomic E-state index is 0.702. The van der Waals surface area contributed by atoms with Gasteiger partial charge in [-0.05, 0) is 46.8 Å². The molecule has 5 aromatic carbocycles. The van der Waals surface area contributed by atoms with E-state index in [0.29, 0.717) is 11.5 Å². The van der Waals surface area contributed by atoms with Crippen molar-refractivity contribution in [1.82, 2.24) is 0 Å². The molecule has 1 heterocycles. The minimum Gasteiger partial charge on any atom is -0.449 e. The molecular weight excluding hydrogens is 382 g/mol. The standard InChI is InChI=1S/C28H19NO2/c1-2-6-19(7-3-1)20-10-13-22(14-11-20)29-23-15-17-25-27(18-23)30-26-16-12-21-8-4-5-9-24(21)28(26)31-25/h1-18,29H. The monoisotopic (exact) mass is 401 g/mol. The molecule has 0 aromatic heterocycles. The van der Waals surface area contributed by atoms with Crippen LogP contribution in [0.4, 0.5) is 11.4 Å². The normalized spacial score (nSPS) is 11.7. The molecule has 0 amide bonds. The fourth-order valence-electron chi connectivity index (χ4n) is 3.93. The summed E-state index contributed by atoms with van der Waals surface area (Å²) in [6.45, 7) is 0. The Labute approximate surface area is 180 Å². The molecule has 0 fully saturated rings. The maximum atomic E-state index is 6.21. The predicted molar refractivity (Wildman–Crippen MR) is 126 cm³/mol. The fraction of sp³-hybridized carbons (Fsp3) is 0. The lowest BCUT2D eigenvalue weighted by Crippen LogP contribution is -2.00. The molecular formula is C28H19NO2. The molecule has 3 nitrogen and oxygen atoms in total. The van der Waals surface area contributed by atoms with Crippen LogP contribution in [0.1, 0.15) is 0 Å². The van der Waals surface area contributed by atoms with Gasteiger partial charge in [0.25, 0.3) is 0 Å². The lowest BCUT2D eigenvalue weighted by atomic mass is 10.1. The van der Waals surface area contributed by atoms with Crippen LogP contribution in [-0.2, 0) is 0 Å². The van der Waals surface area contributed by atoms with Gasteiger partial charge in [-0.3, -0.25) is 0 Å². The van der Waals surface area contributed by atoms with Gasteiger partial charge in [-0.1, -0.05) is 72.8 Å². The van der Waals surface area contributed by atoms with Crippen molar-refractivity contribution in [2.24, 2.45) is 0 Å². The van der Waals surface area contributed by atoms with E-state index in [1.165, 1.54) is 11.1 Å². The van der Waals surface area contributed by atoms with Crippen molar-refractivity contribution < 1.29 is 9.47 Å². The second kappa shape index (κ2) is 7.22. The number of fused-ring (bicyclic) bond motifs is 4. The Hall–Kier alpha value is -4.24. The quantitative estimate of drug-likeness (QED) is 0.324. The van der Waals surface area contributed by atoms with Crippen molar-refractivity contribution in [1.29, 1.82) is 0 Å². The van der Waals surface area contributed by atoms with Gasteiger partial charge >= 0.3 is 0 Å². The Bertz CT molecular complexity index is 1390. The first-order valence-corrected chi connectivity index (χ1v) is 10.3. The summed E-state index contributed by atoms with van der Waals surface area (Å²) in [6, 6.07) is 36.9. The van der Waals surface area contributed by atoms with Crippen molar-refractivity contribution in [2.45, 2.75) is 0 Å². The van der Waals surface area contributed by atoms with E-state index in [2.05, 4.69) is 72.0 Å². The second-order valence-corrected chi connectivity index (χ2v) is 7.55. The van der Waals surface area contributed by atoms with Gasteiger partial charge in [0.1, 0.15) is 0 Å². The largest absolute Gasteiger partial charge is 0.449 e. The van der Waals surface area contributed by atoms with Gasteiger partial charge in [-0.25, -0.2) is 0 Å². The van der Waals surface area contributed by atoms with Gasteiger partial charge in [0, 0.05) is 22.8 Å². The molecule has 3 heteroatoms. The van der Waals surface area contributed by atoms with E-state index in [1.54, 1.807) is 0 Å². The zero-order valence-electron chi connectivity index (χ0n) is 16.7. The lowest BCUT2D eigenvalue weighted by Gasteiger charge is -2.22. The molecule has 5 aromatic rings. The van der Waals surface area contributed by atoms with Crippen LogP contribution in [0.3, 0.4) is 0 Å². The first kappa shape index (κ1) is 17.6. The van der Waals surface area contributed by atoms with Crippen molar-refractivity contribution in [3.05, 3.63) is 109 Å². The third-order valence-corrected chi connectivity index (χ3v) is 5.50. The molecule has 0 aliphatic carbocycles. The topological polar surface area (TPSA) is 30.5 Å². The van der Waals surface area contributed by atoms with Crippen LogP contribution in [0.5, 0.6) is 23.0 Å². The van der Waals surface area contributed by atoms with Crippen LogP contribution in [-0.4, -0.2) is 0 Å². The Morgan fingerprint density at radius 1 is 0.484 bits per heavy atom. The SMILES string of the molecule is c1ccc(-c2ccc(Nc3ccc4c(c3)Oc3ccc5ccccc5c3O4)cc2)cc1. The molecule has 6 rings (SSSR count). The number of rotatable bonds is 3. The molecule has 0 bridgehead atoms. The molecule has 1 N–H and O–H groups in total.